The van der Waals surface area contributed by atoms with E-state index in [1.165, 1.54) is 6.07 Å². The van der Waals surface area contributed by atoms with Crippen molar-refractivity contribution in [2.24, 2.45) is 0 Å². The molecular formula is C14H10ClFN2O. The fourth-order valence-electron chi connectivity index (χ4n) is 1.92. The van der Waals surface area contributed by atoms with E-state index in [0.29, 0.717) is 27.7 Å². The molecule has 0 spiro atoms. The largest absolute Gasteiger partial charge is 0.497 e. The molecule has 0 bridgehead atoms. The van der Waals surface area contributed by atoms with Crippen LogP contribution in [0.2, 0.25) is 5.02 Å². The minimum absolute atomic E-state index is 0.367. The number of methoxy groups -OCH3 is 1. The molecule has 19 heavy (non-hydrogen) atoms. The van der Waals surface area contributed by atoms with E-state index in [2.05, 4.69) is 4.98 Å². The number of pyridine rings is 1. The molecule has 3 rings (SSSR count). The van der Waals surface area contributed by atoms with Crippen molar-refractivity contribution in [3.8, 4) is 17.0 Å². The van der Waals surface area contributed by atoms with Crippen molar-refractivity contribution in [3.05, 3.63) is 53.6 Å². The molecule has 2 aromatic heterocycles. The fourth-order valence-corrected chi connectivity index (χ4v) is 2.08. The summed E-state index contributed by atoms with van der Waals surface area (Å²) >= 11 is 5.74. The lowest BCUT2D eigenvalue weighted by Crippen LogP contribution is -1.86. The van der Waals surface area contributed by atoms with Gasteiger partial charge in [0.2, 0.25) is 0 Å². The maximum Gasteiger partial charge on any atom is 0.141 e. The molecule has 0 unspecified atom stereocenters. The number of rotatable bonds is 2. The third-order valence-corrected chi connectivity index (χ3v) is 3.11. The quantitative estimate of drug-likeness (QED) is 0.712. The number of aromatic nitrogens is 2. The predicted molar refractivity (Wildman–Crippen MR) is 72.1 cm³/mol. The van der Waals surface area contributed by atoms with Gasteiger partial charge in [-0.05, 0) is 24.3 Å². The van der Waals surface area contributed by atoms with Gasteiger partial charge in [-0.1, -0.05) is 11.6 Å². The van der Waals surface area contributed by atoms with E-state index in [1.54, 1.807) is 31.5 Å². The van der Waals surface area contributed by atoms with Crippen LogP contribution in [0.5, 0.6) is 5.75 Å². The van der Waals surface area contributed by atoms with Gasteiger partial charge in [0.15, 0.2) is 0 Å². The Labute approximate surface area is 114 Å². The summed E-state index contributed by atoms with van der Waals surface area (Å²) in [6.07, 6.45) is 3.58. The van der Waals surface area contributed by atoms with Gasteiger partial charge in [-0.15, -0.1) is 0 Å². The minimum atomic E-state index is -0.386. The lowest BCUT2D eigenvalue weighted by atomic mass is 10.1. The van der Waals surface area contributed by atoms with Crippen LogP contribution in [0.4, 0.5) is 4.39 Å². The number of imidazole rings is 1. The van der Waals surface area contributed by atoms with Gasteiger partial charge >= 0.3 is 0 Å². The molecule has 3 aromatic rings. The summed E-state index contributed by atoms with van der Waals surface area (Å²) in [5.41, 5.74) is 1.68. The SMILES string of the molecule is COc1ccn2cc(-c3ccc(Cl)cc3F)nc2c1. The standard InChI is InChI=1S/C14H10ClFN2O/c1-19-10-4-5-18-8-13(17-14(18)7-10)11-3-2-9(15)6-12(11)16/h2-8H,1H3. The third-order valence-electron chi connectivity index (χ3n) is 2.87. The molecule has 96 valence electrons. The second-order valence-electron chi connectivity index (χ2n) is 4.08. The monoisotopic (exact) mass is 276 g/mol. The summed E-state index contributed by atoms with van der Waals surface area (Å²) in [6, 6.07) is 8.15. The number of nitrogens with zero attached hydrogens (tertiary/aromatic N) is 2. The van der Waals surface area contributed by atoms with Crippen molar-refractivity contribution in [3.63, 3.8) is 0 Å². The van der Waals surface area contributed by atoms with Crippen LogP contribution in [-0.2, 0) is 0 Å². The number of fused-ring (bicyclic) bond motifs is 1. The molecule has 0 amide bonds. The summed E-state index contributed by atoms with van der Waals surface area (Å²) in [5.74, 6) is 0.323. The van der Waals surface area contributed by atoms with E-state index in [1.807, 2.05) is 16.7 Å². The zero-order valence-electron chi connectivity index (χ0n) is 10.1. The first-order chi connectivity index (χ1) is 9.17. The smallest absolute Gasteiger partial charge is 0.141 e. The van der Waals surface area contributed by atoms with Crippen LogP contribution in [0.1, 0.15) is 0 Å². The molecule has 0 aliphatic rings. The van der Waals surface area contributed by atoms with Gasteiger partial charge in [0, 0.05) is 29.0 Å². The van der Waals surface area contributed by atoms with E-state index in [0.717, 1.165) is 0 Å². The van der Waals surface area contributed by atoms with Crippen molar-refractivity contribution >= 4 is 17.2 Å². The first-order valence-electron chi connectivity index (χ1n) is 5.65. The summed E-state index contributed by atoms with van der Waals surface area (Å²) in [6.45, 7) is 0. The fraction of sp³-hybridized carbons (Fsp3) is 0.0714. The molecule has 0 aliphatic carbocycles. The lowest BCUT2D eigenvalue weighted by molar-refractivity contribution is 0.414. The van der Waals surface area contributed by atoms with E-state index in [-0.39, 0.29) is 5.82 Å². The molecule has 1 aromatic carbocycles. The normalized spacial score (nSPS) is 10.9. The van der Waals surface area contributed by atoms with Crippen LogP contribution < -0.4 is 4.74 Å². The number of halogens is 2. The molecule has 0 saturated heterocycles. The molecule has 0 atom stereocenters. The summed E-state index contributed by atoms with van der Waals surface area (Å²) in [5, 5.41) is 0.367. The van der Waals surface area contributed by atoms with Crippen molar-refractivity contribution in [2.75, 3.05) is 7.11 Å². The second kappa shape index (κ2) is 4.55. The van der Waals surface area contributed by atoms with Crippen molar-refractivity contribution < 1.29 is 9.13 Å². The maximum absolute atomic E-state index is 13.9. The Kier molecular flexibility index (Phi) is 2.87. The van der Waals surface area contributed by atoms with Gasteiger partial charge in [0.1, 0.15) is 17.2 Å². The average molecular weight is 277 g/mol. The molecular weight excluding hydrogens is 267 g/mol. The lowest BCUT2D eigenvalue weighted by Gasteiger charge is -1.98. The maximum atomic E-state index is 13.9. The Hall–Kier alpha value is -2.07. The molecule has 0 radical (unpaired) electrons. The molecule has 2 heterocycles. The number of ether oxygens (including phenoxy) is 1. The summed E-state index contributed by atoms with van der Waals surface area (Å²) in [7, 11) is 1.59. The van der Waals surface area contributed by atoms with E-state index in [9.17, 15) is 4.39 Å². The summed E-state index contributed by atoms with van der Waals surface area (Å²) in [4.78, 5) is 4.38. The van der Waals surface area contributed by atoms with Crippen molar-refractivity contribution in [2.45, 2.75) is 0 Å². The van der Waals surface area contributed by atoms with Crippen molar-refractivity contribution in [1.82, 2.24) is 9.38 Å². The second-order valence-corrected chi connectivity index (χ2v) is 4.52. The highest BCUT2D eigenvalue weighted by Crippen LogP contribution is 2.25. The van der Waals surface area contributed by atoms with Gasteiger partial charge in [-0.3, -0.25) is 0 Å². The Morgan fingerprint density at radius 3 is 2.84 bits per heavy atom. The first kappa shape index (κ1) is 12.0. The molecule has 5 heteroatoms. The third kappa shape index (κ3) is 2.15. The number of hydrogen-bond donors (Lipinski definition) is 0. The van der Waals surface area contributed by atoms with Gasteiger partial charge < -0.3 is 9.14 Å². The highest BCUT2D eigenvalue weighted by atomic mass is 35.5. The molecule has 0 N–H and O–H groups in total. The first-order valence-corrected chi connectivity index (χ1v) is 6.03. The zero-order valence-corrected chi connectivity index (χ0v) is 10.9. The van der Waals surface area contributed by atoms with E-state index < -0.39 is 0 Å². The highest BCUT2D eigenvalue weighted by Gasteiger charge is 2.10. The van der Waals surface area contributed by atoms with Crippen molar-refractivity contribution in [1.29, 1.82) is 0 Å². The molecule has 0 aliphatic heterocycles. The van der Waals surface area contributed by atoms with Gasteiger partial charge in [0.05, 0.1) is 12.8 Å². The Morgan fingerprint density at radius 2 is 2.11 bits per heavy atom. The molecule has 0 saturated carbocycles. The number of benzene rings is 1. The zero-order chi connectivity index (χ0) is 13.4. The molecule has 3 nitrogen and oxygen atoms in total. The Morgan fingerprint density at radius 1 is 1.26 bits per heavy atom. The Balaban J connectivity index is 2.14. The van der Waals surface area contributed by atoms with Crippen LogP contribution >= 0.6 is 11.6 Å². The number of hydrogen-bond acceptors (Lipinski definition) is 2. The highest BCUT2D eigenvalue weighted by molar-refractivity contribution is 6.30. The Bertz CT molecular complexity index is 754. The molecule has 0 fully saturated rings. The van der Waals surface area contributed by atoms with E-state index in [4.69, 9.17) is 16.3 Å². The van der Waals surface area contributed by atoms with Crippen LogP contribution in [0, 0.1) is 5.82 Å². The van der Waals surface area contributed by atoms with Gasteiger partial charge in [-0.2, -0.15) is 0 Å². The van der Waals surface area contributed by atoms with E-state index >= 15 is 0 Å². The summed E-state index contributed by atoms with van der Waals surface area (Å²) < 4.78 is 20.8. The predicted octanol–water partition coefficient (Wildman–Crippen LogP) is 3.80. The van der Waals surface area contributed by atoms with Gasteiger partial charge in [-0.25, -0.2) is 9.37 Å². The minimum Gasteiger partial charge on any atom is -0.497 e. The van der Waals surface area contributed by atoms with Crippen LogP contribution in [-0.4, -0.2) is 16.5 Å². The van der Waals surface area contributed by atoms with Crippen LogP contribution in [0.3, 0.4) is 0 Å². The average Bonchev–Trinajstić information content (AvgIpc) is 2.80. The van der Waals surface area contributed by atoms with Gasteiger partial charge in [0.25, 0.3) is 0 Å². The van der Waals surface area contributed by atoms with Crippen LogP contribution in [0.15, 0.2) is 42.7 Å². The topological polar surface area (TPSA) is 26.5 Å². The van der Waals surface area contributed by atoms with Crippen LogP contribution in [0.25, 0.3) is 16.9 Å².